The molecule has 1 aliphatic rings. The summed E-state index contributed by atoms with van der Waals surface area (Å²) >= 11 is 0. The van der Waals surface area contributed by atoms with E-state index in [4.69, 9.17) is 9.15 Å². The topological polar surface area (TPSA) is 97.6 Å². The molecule has 34 heavy (non-hydrogen) atoms. The van der Waals surface area contributed by atoms with Crippen LogP contribution in [0.25, 0.3) is 11.3 Å². The molecule has 1 N–H and O–H groups in total. The van der Waals surface area contributed by atoms with Crippen LogP contribution in [-0.2, 0) is 15.7 Å². The minimum atomic E-state index is -4.63. The first kappa shape index (κ1) is 23.3. The van der Waals surface area contributed by atoms with Gasteiger partial charge in [-0.25, -0.2) is 4.98 Å². The molecular weight excluding hydrogens is 453 g/mol. The largest absolute Gasteiger partial charge is 0.462 e. The number of nitrogens with one attached hydrogen (secondary N) is 1. The Balaban J connectivity index is 1.57. The van der Waals surface area contributed by atoms with E-state index in [-0.39, 0.29) is 29.3 Å². The van der Waals surface area contributed by atoms with Crippen LogP contribution in [0.2, 0.25) is 0 Å². The van der Waals surface area contributed by atoms with Gasteiger partial charge in [0.15, 0.2) is 11.6 Å². The fourth-order valence-corrected chi connectivity index (χ4v) is 3.69. The molecule has 0 bridgehead atoms. The number of amides is 1. The molecule has 0 aliphatic carbocycles. The number of alkyl halides is 3. The summed E-state index contributed by atoms with van der Waals surface area (Å²) in [5.74, 6) is -0.545. The number of aromatic nitrogens is 2. The lowest BCUT2D eigenvalue weighted by atomic mass is 10.1. The predicted molar refractivity (Wildman–Crippen MR) is 116 cm³/mol. The molecule has 4 heterocycles. The van der Waals surface area contributed by atoms with Gasteiger partial charge in [-0.15, -0.1) is 0 Å². The van der Waals surface area contributed by atoms with Crippen LogP contribution in [0.1, 0.15) is 35.9 Å². The molecule has 11 heteroatoms. The summed E-state index contributed by atoms with van der Waals surface area (Å²) < 4.78 is 50.8. The number of piperidine rings is 1. The van der Waals surface area contributed by atoms with Gasteiger partial charge in [-0.1, -0.05) is 0 Å². The van der Waals surface area contributed by atoms with Gasteiger partial charge < -0.3 is 19.4 Å². The van der Waals surface area contributed by atoms with Crippen molar-refractivity contribution in [3.05, 3.63) is 60.2 Å². The van der Waals surface area contributed by atoms with E-state index in [1.165, 1.54) is 13.0 Å². The summed E-state index contributed by atoms with van der Waals surface area (Å²) in [6.07, 6.45) is -0.0434. The van der Waals surface area contributed by atoms with Crippen LogP contribution >= 0.6 is 0 Å². The third-order valence-corrected chi connectivity index (χ3v) is 5.31. The lowest BCUT2D eigenvalue weighted by Crippen LogP contribution is -2.38. The van der Waals surface area contributed by atoms with Crippen molar-refractivity contribution < 1.29 is 31.9 Å². The normalized spacial score (nSPS) is 14.6. The van der Waals surface area contributed by atoms with Crippen molar-refractivity contribution in [2.45, 2.75) is 32.0 Å². The lowest BCUT2D eigenvalue weighted by molar-refractivity contribution is -0.147. The van der Waals surface area contributed by atoms with Crippen molar-refractivity contribution in [3.63, 3.8) is 0 Å². The lowest BCUT2D eigenvalue weighted by Gasteiger charge is -2.33. The number of halogens is 3. The second-order valence-electron chi connectivity index (χ2n) is 7.74. The van der Waals surface area contributed by atoms with Crippen molar-refractivity contribution >= 4 is 23.4 Å². The number of rotatable bonds is 5. The van der Waals surface area contributed by atoms with Crippen LogP contribution in [-0.4, -0.2) is 41.0 Å². The molecule has 4 rings (SSSR count). The van der Waals surface area contributed by atoms with Crippen LogP contribution in [0, 0.1) is 0 Å². The molecule has 1 fully saturated rings. The highest BCUT2D eigenvalue weighted by Gasteiger charge is 2.33. The van der Waals surface area contributed by atoms with Crippen LogP contribution in [0.5, 0.6) is 0 Å². The van der Waals surface area contributed by atoms with Gasteiger partial charge in [0.1, 0.15) is 11.9 Å². The van der Waals surface area contributed by atoms with E-state index in [9.17, 15) is 22.8 Å². The van der Waals surface area contributed by atoms with Crippen molar-refractivity contribution in [2.75, 3.05) is 23.3 Å². The molecule has 0 atom stereocenters. The third kappa shape index (κ3) is 5.36. The maximum Gasteiger partial charge on any atom is 0.417 e. The van der Waals surface area contributed by atoms with Gasteiger partial charge in [0.05, 0.1) is 11.3 Å². The Morgan fingerprint density at radius 3 is 2.50 bits per heavy atom. The minimum Gasteiger partial charge on any atom is -0.462 e. The van der Waals surface area contributed by atoms with E-state index in [2.05, 4.69) is 15.3 Å². The van der Waals surface area contributed by atoms with Gasteiger partial charge >= 0.3 is 12.1 Å². The fourth-order valence-electron chi connectivity index (χ4n) is 3.69. The number of carbonyl (C=O) groups excluding carboxylic acids is 2. The minimum absolute atomic E-state index is 0.0660. The van der Waals surface area contributed by atoms with E-state index in [0.29, 0.717) is 37.3 Å². The molecule has 1 aliphatic heterocycles. The quantitative estimate of drug-likeness (QED) is 0.542. The van der Waals surface area contributed by atoms with E-state index >= 15 is 0 Å². The number of carbonyl (C=O) groups is 2. The number of pyridine rings is 2. The van der Waals surface area contributed by atoms with Gasteiger partial charge in [0.25, 0.3) is 5.91 Å². The number of nitrogens with zero attached hydrogens (tertiary/aromatic N) is 3. The first-order valence-corrected chi connectivity index (χ1v) is 10.5. The smallest absolute Gasteiger partial charge is 0.417 e. The fraction of sp³-hybridized carbons (Fsp3) is 0.304. The number of hydrogen-bond acceptors (Lipinski definition) is 7. The molecule has 0 aromatic carbocycles. The molecule has 1 saturated heterocycles. The second kappa shape index (κ2) is 9.54. The number of anilines is 2. The zero-order chi connectivity index (χ0) is 24.3. The molecule has 3 aromatic rings. The first-order chi connectivity index (χ1) is 16.2. The Morgan fingerprint density at radius 2 is 1.85 bits per heavy atom. The Bertz CT molecular complexity index is 1170. The predicted octanol–water partition coefficient (Wildman–Crippen LogP) is 4.54. The van der Waals surface area contributed by atoms with Crippen molar-refractivity contribution in [3.8, 4) is 11.3 Å². The summed E-state index contributed by atoms with van der Waals surface area (Å²) in [6, 6.07) is 7.29. The van der Waals surface area contributed by atoms with E-state index < -0.39 is 17.6 Å². The Kier molecular flexibility index (Phi) is 6.53. The van der Waals surface area contributed by atoms with Crippen LogP contribution in [0.3, 0.4) is 0 Å². The molecular formula is C23H21F3N4O4. The van der Waals surface area contributed by atoms with Crippen LogP contribution in [0.4, 0.5) is 24.7 Å². The summed E-state index contributed by atoms with van der Waals surface area (Å²) in [5.41, 5.74) is -0.378. The summed E-state index contributed by atoms with van der Waals surface area (Å²) in [4.78, 5) is 33.7. The van der Waals surface area contributed by atoms with Gasteiger partial charge in [-0.3, -0.25) is 14.6 Å². The Labute approximate surface area is 192 Å². The molecule has 0 saturated carbocycles. The summed E-state index contributed by atoms with van der Waals surface area (Å²) in [6.45, 7) is 2.12. The third-order valence-electron chi connectivity index (χ3n) is 5.31. The number of furan rings is 1. The molecule has 1 amide bonds. The Hall–Kier alpha value is -3.89. The van der Waals surface area contributed by atoms with E-state index in [1.807, 2.05) is 0 Å². The SMILES string of the molecule is CC(=O)OC1CCN(c2ncc(C(F)(F)F)cc2NC(=O)c2ccc(-c3ccncc3)o2)CC1. The highest BCUT2D eigenvalue weighted by Crippen LogP contribution is 2.35. The van der Waals surface area contributed by atoms with Gasteiger partial charge in [0.2, 0.25) is 0 Å². The molecule has 8 nitrogen and oxygen atoms in total. The standard InChI is InChI=1S/C23H21F3N4O4/c1-14(31)33-17-6-10-30(11-7-17)21-18(12-16(13-28-21)23(24,25)26)29-22(32)20-3-2-19(34-20)15-4-8-27-9-5-15/h2-5,8-9,12-13,17H,6-7,10-11H2,1H3,(H,29,32). The summed E-state index contributed by atoms with van der Waals surface area (Å²) in [5, 5.41) is 2.51. The van der Waals surface area contributed by atoms with E-state index in [1.54, 1.807) is 35.5 Å². The maximum atomic E-state index is 13.3. The molecule has 0 spiro atoms. The average molecular weight is 474 g/mol. The highest BCUT2D eigenvalue weighted by molar-refractivity contribution is 6.04. The van der Waals surface area contributed by atoms with Gasteiger partial charge in [0, 0.05) is 57.0 Å². The number of hydrogen-bond donors (Lipinski definition) is 1. The average Bonchev–Trinajstić information content (AvgIpc) is 3.30. The van der Waals surface area contributed by atoms with Crippen LogP contribution in [0.15, 0.2) is 53.3 Å². The summed E-state index contributed by atoms with van der Waals surface area (Å²) in [7, 11) is 0. The molecule has 178 valence electrons. The van der Waals surface area contributed by atoms with Crippen molar-refractivity contribution in [1.29, 1.82) is 0 Å². The second-order valence-corrected chi connectivity index (χ2v) is 7.74. The van der Waals surface area contributed by atoms with Gasteiger partial charge in [-0.05, 0) is 30.3 Å². The van der Waals surface area contributed by atoms with Crippen molar-refractivity contribution in [1.82, 2.24) is 9.97 Å². The number of esters is 1. The molecule has 0 unspecified atom stereocenters. The first-order valence-electron chi connectivity index (χ1n) is 10.5. The monoisotopic (exact) mass is 474 g/mol. The number of ether oxygens (including phenoxy) is 1. The maximum absolute atomic E-state index is 13.3. The van der Waals surface area contributed by atoms with Crippen LogP contribution < -0.4 is 10.2 Å². The van der Waals surface area contributed by atoms with E-state index in [0.717, 1.165) is 12.3 Å². The van der Waals surface area contributed by atoms with Gasteiger partial charge in [-0.2, -0.15) is 13.2 Å². The van der Waals surface area contributed by atoms with Crippen molar-refractivity contribution in [2.24, 2.45) is 0 Å². The zero-order valence-corrected chi connectivity index (χ0v) is 18.1. The highest BCUT2D eigenvalue weighted by atomic mass is 19.4. The Morgan fingerprint density at radius 1 is 1.15 bits per heavy atom. The zero-order valence-electron chi connectivity index (χ0n) is 18.1. The molecule has 0 radical (unpaired) electrons. The molecule has 3 aromatic heterocycles.